The van der Waals surface area contributed by atoms with E-state index in [1.54, 1.807) is 12.1 Å². The third-order valence-electron chi connectivity index (χ3n) is 2.21. The first-order valence-electron chi connectivity index (χ1n) is 5.98. The lowest BCUT2D eigenvalue weighted by molar-refractivity contribution is 0.628. The van der Waals surface area contributed by atoms with Gasteiger partial charge in [-0.25, -0.2) is 4.39 Å². The van der Waals surface area contributed by atoms with Crippen molar-refractivity contribution in [3.63, 3.8) is 0 Å². The van der Waals surface area contributed by atoms with Crippen LogP contribution in [0.2, 0.25) is 0 Å². The van der Waals surface area contributed by atoms with Gasteiger partial charge in [-0.3, -0.25) is 10.9 Å². The standard InChI is InChI=1S/C12H17FN4S2/c1-2-3-8-14-11(18)16-17-12(19)15-10-6-4-9(13)5-7-10/h4-7H,2-3,8H2,1H3,(H2,14,16,18)(H2,15,17,19). The van der Waals surface area contributed by atoms with E-state index in [0.717, 1.165) is 19.4 Å². The first-order chi connectivity index (χ1) is 9.11. The lowest BCUT2D eigenvalue weighted by atomic mass is 10.3. The van der Waals surface area contributed by atoms with Crippen molar-refractivity contribution in [2.75, 3.05) is 11.9 Å². The fourth-order valence-electron chi connectivity index (χ4n) is 1.23. The van der Waals surface area contributed by atoms with E-state index in [1.807, 2.05) is 0 Å². The van der Waals surface area contributed by atoms with Gasteiger partial charge in [-0.2, -0.15) is 0 Å². The van der Waals surface area contributed by atoms with Crippen molar-refractivity contribution in [2.24, 2.45) is 0 Å². The van der Waals surface area contributed by atoms with Crippen LogP contribution in [0.3, 0.4) is 0 Å². The van der Waals surface area contributed by atoms with Crippen LogP contribution in [-0.2, 0) is 0 Å². The Morgan fingerprint density at radius 3 is 2.37 bits per heavy atom. The molecule has 0 saturated carbocycles. The van der Waals surface area contributed by atoms with Crippen LogP contribution in [0.5, 0.6) is 0 Å². The third kappa shape index (κ3) is 6.88. The number of anilines is 1. The summed E-state index contributed by atoms with van der Waals surface area (Å²) in [5, 5.41) is 6.76. The van der Waals surface area contributed by atoms with Gasteiger partial charge < -0.3 is 10.6 Å². The highest BCUT2D eigenvalue weighted by Gasteiger charge is 1.99. The Hall–Kier alpha value is -1.47. The molecule has 19 heavy (non-hydrogen) atoms. The first-order valence-corrected chi connectivity index (χ1v) is 6.80. The molecule has 4 N–H and O–H groups in total. The highest BCUT2D eigenvalue weighted by Crippen LogP contribution is 2.07. The number of rotatable bonds is 4. The summed E-state index contributed by atoms with van der Waals surface area (Å²) >= 11 is 10.1. The van der Waals surface area contributed by atoms with Crippen molar-refractivity contribution in [2.45, 2.75) is 19.8 Å². The van der Waals surface area contributed by atoms with E-state index in [1.165, 1.54) is 12.1 Å². The SMILES string of the molecule is CCCCNC(=S)NNC(=S)Nc1ccc(F)cc1. The second kappa shape index (κ2) is 8.60. The van der Waals surface area contributed by atoms with Gasteiger partial charge in [0.15, 0.2) is 10.2 Å². The van der Waals surface area contributed by atoms with Crippen molar-refractivity contribution in [3.05, 3.63) is 30.1 Å². The minimum atomic E-state index is -0.288. The summed E-state index contributed by atoms with van der Waals surface area (Å²) in [5.74, 6) is -0.288. The number of unbranched alkanes of at least 4 members (excludes halogenated alkanes) is 1. The van der Waals surface area contributed by atoms with E-state index in [2.05, 4.69) is 28.4 Å². The molecule has 0 saturated heterocycles. The van der Waals surface area contributed by atoms with Crippen LogP contribution in [0, 0.1) is 5.82 Å². The molecule has 7 heteroatoms. The summed E-state index contributed by atoms with van der Waals surface area (Å²) in [6.45, 7) is 2.93. The molecule has 0 aromatic heterocycles. The zero-order valence-electron chi connectivity index (χ0n) is 10.6. The number of hydrogen-bond acceptors (Lipinski definition) is 2. The van der Waals surface area contributed by atoms with Crippen LogP contribution in [-0.4, -0.2) is 16.8 Å². The molecule has 1 aromatic carbocycles. The lowest BCUT2D eigenvalue weighted by Crippen LogP contribution is -2.48. The van der Waals surface area contributed by atoms with Crippen LogP contribution in [0.4, 0.5) is 10.1 Å². The number of hydrogen-bond donors (Lipinski definition) is 4. The van der Waals surface area contributed by atoms with Gasteiger partial charge in [0.25, 0.3) is 0 Å². The fourth-order valence-corrected chi connectivity index (χ4v) is 1.55. The zero-order valence-corrected chi connectivity index (χ0v) is 12.3. The van der Waals surface area contributed by atoms with Gasteiger partial charge in [0.1, 0.15) is 5.82 Å². The molecule has 0 radical (unpaired) electrons. The smallest absolute Gasteiger partial charge is 0.189 e. The van der Waals surface area contributed by atoms with E-state index in [4.69, 9.17) is 24.4 Å². The first kappa shape index (κ1) is 15.6. The number of halogens is 1. The summed E-state index contributed by atoms with van der Waals surface area (Å²) < 4.78 is 12.7. The molecular weight excluding hydrogens is 283 g/mol. The van der Waals surface area contributed by atoms with Gasteiger partial charge in [-0.1, -0.05) is 13.3 Å². The van der Waals surface area contributed by atoms with Gasteiger partial charge in [0, 0.05) is 12.2 Å². The molecule has 1 rings (SSSR count). The molecule has 0 aliphatic rings. The highest BCUT2D eigenvalue weighted by molar-refractivity contribution is 7.80. The molecule has 0 spiro atoms. The Bertz CT molecular complexity index is 422. The summed E-state index contributed by atoms with van der Waals surface area (Å²) in [4.78, 5) is 0. The summed E-state index contributed by atoms with van der Waals surface area (Å²) in [6, 6.07) is 5.91. The number of thiocarbonyl (C=S) groups is 2. The normalized spacial score (nSPS) is 9.58. The topological polar surface area (TPSA) is 48.1 Å². The molecule has 0 fully saturated rings. The van der Waals surface area contributed by atoms with E-state index in [-0.39, 0.29) is 5.82 Å². The number of benzene rings is 1. The zero-order chi connectivity index (χ0) is 14.1. The molecule has 4 nitrogen and oxygen atoms in total. The average molecular weight is 300 g/mol. The van der Waals surface area contributed by atoms with E-state index in [0.29, 0.717) is 15.9 Å². The summed E-state index contributed by atoms with van der Waals surface area (Å²) in [7, 11) is 0. The van der Waals surface area contributed by atoms with Crippen LogP contribution >= 0.6 is 24.4 Å². The minimum absolute atomic E-state index is 0.288. The molecule has 0 heterocycles. The van der Waals surface area contributed by atoms with Crippen molar-refractivity contribution in [1.29, 1.82) is 0 Å². The second-order valence-corrected chi connectivity index (χ2v) is 4.64. The molecule has 104 valence electrons. The van der Waals surface area contributed by atoms with Crippen LogP contribution in [0.15, 0.2) is 24.3 Å². The fraction of sp³-hybridized carbons (Fsp3) is 0.333. The largest absolute Gasteiger partial charge is 0.361 e. The average Bonchev–Trinajstić information content (AvgIpc) is 2.39. The quantitative estimate of drug-likeness (QED) is 0.389. The third-order valence-corrected chi connectivity index (χ3v) is 2.66. The molecule has 0 aliphatic heterocycles. The molecule has 0 atom stereocenters. The van der Waals surface area contributed by atoms with Gasteiger partial charge in [-0.05, 0) is 55.1 Å². The maximum absolute atomic E-state index is 12.7. The Morgan fingerprint density at radius 1 is 1.11 bits per heavy atom. The minimum Gasteiger partial charge on any atom is -0.361 e. The predicted molar refractivity (Wildman–Crippen MR) is 84.4 cm³/mol. The Kier molecular flexibility index (Phi) is 7.06. The van der Waals surface area contributed by atoms with Crippen LogP contribution in [0.25, 0.3) is 0 Å². The van der Waals surface area contributed by atoms with Gasteiger partial charge in [-0.15, -0.1) is 0 Å². The lowest BCUT2D eigenvalue weighted by Gasteiger charge is -2.14. The Morgan fingerprint density at radius 2 is 1.74 bits per heavy atom. The summed E-state index contributed by atoms with van der Waals surface area (Å²) in [6.07, 6.45) is 2.16. The van der Waals surface area contributed by atoms with Gasteiger partial charge >= 0.3 is 0 Å². The molecule has 0 bridgehead atoms. The molecule has 0 aliphatic carbocycles. The summed E-state index contributed by atoms with van der Waals surface area (Å²) in [5.41, 5.74) is 6.21. The van der Waals surface area contributed by atoms with Gasteiger partial charge in [0.05, 0.1) is 0 Å². The Balaban J connectivity index is 2.24. The van der Waals surface area contributed by atoms with Crippen molar-refractivity contribution >= 4 is 40.3 Å². The molecule has 0 amide bonds. The maximum Gasteiger partial charge on any atom is 0.189 e. The monoisotopic (exact) mass is 300 g/mol. The van der Waals surface area contributed by atoms with E-state index in [9.17, 15) is 4.39 Å². The second-order valence-electron chi connectivity index (χ2n) is 3.82. The van der Waals surface area contributed by atoms with Gasteiger partial charge in [0.2, 0.25) is 0 Å². The highest BCUT2D eigenvalue weighted by atomic mass is 32.1. The molecule has 1 aromatic rings. The van der Waals surface area contributed by atoms with Crippen LogP contribution < -0.4 is 21.5 Å². The number of hydrazine groups is 1. The van der Waals surface area contributed by atoms with Crippen LogP contribution in [0.1, 0.15) is 19.8 Å². The van der Waals surface area contributed by atoms with Crippen molar-refractivity contribution in [3.8, 4) is 0 Å². The van der Waals surface area contributed by atoms with E-state index < -0.39 is 0 Å². The Labute approximate surface area is 123 Å². The molecular formula is C12H17FN4S2. The number of nitrogens with one attached hydrogen (secondary N) is 4. The van der Waals surface area contributed by atoms with E-state index >= 15 is 0 Å². The van der Waals surface area contributed by atoms with Crippen molar-refractivity contribution in [1.82, 2.24) is 16.2 Å². The van der Waals surface area contributed by atoms with Crippen molar-refractivity contribution < 1.29 is 4.39 Å². The molecule has 0 unspecified atom stereocenters. The predicted octanol–water partition coefficient (Wildman–Crippen LogP) is 2.29. The maximum atomic E-state index is 12.7.